The van der Waals surface area contributed by atoms with Gasteiger partial charge in [0.05, 0.1) is 21.1 Å². The van der Waals surface area contributed by atoms with Crippen LogP contribution in [0.2, 0.25) is 0 Å². The van der Waals surface area contributed by atoms with Gasteiger partial charge in [-0.25, -0.2) is 4.79 Å². The van der Waals surface area contributed by atoms with E-state index in [0.717, 1.165) is 23.9 Å². The lowest BCUT2D eigenvalue weighted by molar-refractivity contribution is -0.871. The second-order valence-corrected chi connectivity index (χ2v) is 6.87. The highest BCUT2D eigenvalue weighted by Gasteiger charge is 2.08. The Bertz CT molecular complexity index is 249. The Morgan fingerprint density at radius 2 is 1.38 bits per heavy atom. The summed E-state index contributed by atoms with van der Waals surface area (Å²) < 4.78 is 0.801. The summed E-state index contributed by atoms with van der Waals surface area (Å²) in [5, 5.41) is 0. The maximum absolute atomic E-state index is 11.4. The van der Waals surface area contributed by atoms with E-state index in [1.54, 1.807) is 0 Å². The second kappa shape index (κ2) is 13.1. The van der Waals surface area contributed by atoms with Gasteiger partial charge in [0.2, 0.25) is 0 Å². The van der Waals surface area contributed by atoms with Crippen molar-refractivity contribution in [1.82, 2.24) is 0 Å². The van der Waals surface area contributed by atoms with Crippen LogP contribution >= 0.6 is 0 Å². The summed E-state index contributed by atoms with van der Waals surface area (Å²) in [4.78, 5) is 21.1. The molecule has 0 amide bonds. The van der Waals surface area contributed by atoms with Crippen LogP contribution in [0.15, 0.2) is 0 Å². The second-order valence-electron chi connectivity index (χ2n) is 6.87. The van der Waals surface area contributed by atoms with Crippen molar-refractivity contribution < 1.29 is 19.1 Å². The molecule has 126 valence electrons. The van der Waals surface area contributed by atoms with Crippen molar-refractivity contribution >= 4 is 5.97 Å². The van der Waals surface area contributed by atoms with Crippen LogP contribution in [-0.2, 0) is 14.6 Å². The molecular weight excluding hydrogens is 266 g/mol. The van der Waals surface area contributed by atoms with Crippen molar-refractivity contribution in [3.8, 4) is 0 Å². The average Bonchev–Trinajstić information content (AvgIpc) is 2.41. The average molecular weight is 302 g/mol. The fraction of sp³-hybridized carbons (Fsp3) is 0.941. The Hall–Kier alpha value is -0.610. The van der Waals surface area contributed by atoms with Gasteiger partial charge < -0.3 is 4.48 Å². The maximum atomic E-state index is 11.4. The molecule has 0 aliphatic carbocycles. The van der Waals surface area contributed by atoms with Crippen LogP contribution in [0.1, 0.15) is 71.1 Å². The number of hydrogen-bond donors (Lipinski definition) is 0. The number of carbonyl (C=O) groups is 1. The number of likely N-dealkylation sites (N-methyl/N-ethyl adjacent to an activating group) is 1. The van der Waals surface area contributed by atoms with Crippen LogP contribution in [0.4, 0.5) is 0 Å². The number of unbranched alkanes of at least 4 members (excludes halogenated alkanes) is 8. The van der Waals surface area contributed by atoms with Gasteiger partial charge in [-0.1, -0.05) is 58.3 Å². The van der Waals surface area contributed by atoms with Crippen molar-refractivity contribution in [3.63, 3.8) is 0 Å². The third kappa shape index (κ3) is 17.3. The van der Waals surface area contributed by atoms with E-state index in [4.69, 9.17) is 9.78 Å². The lowest BCUT2D eigenvalue weighted by Crippen LogP contribution is -2.37. The Kier molecular flexibility index (Phi) is 12.7. The zero-order chi connectivity index (χ0) is 16.0. The zero-order valence-electron chi connectivity index (χ0n) is 14.7. The molecule has 21 heavy (non-hydrogen) atoms. The smallest absolute Gasteiger partial charge is 0.329 e. The molecule has 4 heteroatoms. The minimum absolute atomic E-state index is 0.237. The van der Waals surface area contributed by atoms with Crippen molar-refractivity contribution in [1.29, 1.82) is 0 Å². The molecular formula is C17H36NO3+. The third-order valence-corrected chi connectivity index (χ3v) is 3.48. The number of quaternary nitrogens is 1. The zero-order valence-corrected chi connectivity index (χ0v) is 14.7. The van der Waals surface area contributed by atoms with Crippen molar-refractivity contribution in [2.45, 2.75) is 71.1 Å². The topological polar surface area (TPSA) is 35.5 Å². The number of rotatable bonds is 14. The highest BCUT2D eigenvalue weighted by Crippen LogP contribution is 2.10. The molecule has 0 radical (unpaired) electrons. The van der Waals surface area contributed by atoms with E-state index in [0.29, 0.717) is 13.0 Å². The first-order chi connectivity index (χ1) is 9.95. The third-order valence-electron chi connectivity index (χ3n) is 3.48. The monoisotopic (exact) mass is 302 g/mol. The molecule has 0 saturated carbocycles. The summed E-state index contributed by atoms with van der Waals surface area (Å²) in [6, 6.07) is 0. The van der Waals surface area contributed by atoms with E-state index in [9.17, 15) is 4.79 Å². The van der Waals surface area contributed by atoms with Crippen molar-refractivity contribution in [2.75, 3.05) is 34.3 Å². The summed E-state index contributed by atoms with van der Waals surface area (Å²) in [6.07, 6.45) is 11.7. The van der Waals surface area contributed by atoms with Crippen LogP contribution in [0.3, 0.4) is 0 Å². The van der Waals surface area contributed by atoms with Crippen molar-refractivity contribution in [2.24, 2.45) is 0 Å². The molecule has 0 aromatic rings. The van der Waals surface area contributed by atoms with Gasteiger partial charge in [0.15, 0.2) is 0 Å². The molecule has 0 fully saturated rings. The van der Waals surface area contributed by atoms with E-state index in [1.807, 2.05) is 0 Å². The van der Waals surface area contributed by atoms with Crippen molar-refractivity contribution in [3.05, 3.63) is 0 Å². The van der Waals surface area contributed by atoms with E-state index >= 15 is 0 Å². The largest absolute Gasteiger partial charge is 0.342 e. The first-order valence-electron chi connectivity index (χ1n) is 8.58. The van der Waals surface area contributed by atoms with Gasteiger partial charge in [-0.2, -0.15) is 4.89 Å². The Labute approximate surface area is 131 Å². The van der Waals surface area contributed by atoms with E-state index in [2.05, 4.69) is 28.1 Å². The van der Waals surface area contributed by atoms with Crippen LogP contribution in [-0.4, -0.2) is 44.7 Å². The van der Waals surface area contributed by atoms with Gasteiger partial charge in [-0.3, -0.25) is 4.89 Å². The van der Waals surface area contributed by atoms with Gasteiger partial charge in [0, 0.05) is 6.42 Å². The van der Waals surface area contributed by atoms with Crippen LogP contribution in [0, 0.1) is 0 Å². The Balaban J connectivity index is 3.23. The molecule has 0 saturated heterocycles. The minimum Gasteiger partial charge on any atom is -0.329 e. The quantitative estimate of drug-likeness (QED) is 0.210. The molecule has 0 bridgehead atoms. The molecule has 0 atom stereocenters. The lowest BCUT2D eigenvalue weighted by atomic mass is 10.1. The molecule has 0 aliphatic rings. The predicted octanol–water partition coefficient (Wildman–Crippen LogP) is 4.09. The normalized spacial score (nSPS) is 11.6. The van der Waals surface area contributed by atoms with E-state index in [1.165, 1.54) is 44.9 Å². The number of hydrogen-bond acceptors (Lipinski definition) is 3. The van der Waals surface area contributed by atoms with Gasteiger partial charge in [-0.15, -0.1) is 0 Å². The Morgan fingerprint density at radius 1 is 0.857 bits per heavy atom. The van der Waals surface area contributed by atoms with Gasteiger partial charge in [0.25, 0.3) is 0 Å². The van der Waals surface area contributed by atoms with Crippen LogP contribution in [0.25, 0.3) is 0 Å². The molecule has 0 unspecified atom stereocenters. The highest BCUT2D eigenvalue weighted by atomic mass is 17.2. The van der Waals surface area contributed by atoms with Crippen LogP contribution in [0.5, 0.6) is 0 Å². The SMILES string of the molecule is CCCCCCCCCCCC(=O)OOCC[N+](C)(C)C. The first-order valence-corrected chi connectivity index (χ1v) is 8.58. The fourth-order valence-corrected chi connectivity index (χ4v) is 2.04. The number of carbonyl (C=O) groups excluding carboxylic acids is 1. The summed E-state index contributed by atoms with van der Waals surface area (Å²) >= 11 is 0. The molecule has 0 aliphatic heterocycles. The van der Waals surface area contributed by atoms with E-state index in [-0.39, 0.29) is 5.97 Å². The predicted molar refractivity (Wildman–Crippen MR) is 86.8 cm³/mol. The summed E-state index contributed by atoms with van der Waals surface area (Å²) in [6.45, 7) is 3.52. The standard InChI is InChI=1S/C17H36NO3/c1-5-6-7-8-9-10-11-12-13-14-17(19)21-20-16-15-18(2,3)4/h5-16H2,1-4H3/q+1. The molecule has 0 N–H and O–H groups in total. The summed E-state index contributed by atoms with van der Waals surface area (Å²) in [5.41, 5.74) is 0. The van der Waals surface area contributed by atoms with Crippen LogP contribution < -0.4 is 0 Å². The fourth-order valence-electron chi connectivity index (χ4n) is 2.04. The van der Waals surface area contributed by atoms with Gasteiger partial charge in [0.1, 0.15) is 13.2 Å². The summed E-state index contributed by atoms with van der Waals surface area (Å²) in [7, 11) is 6.23. The Morgan fingerprint density at radius 3 is 1.90 bits per heavy atom. The molecule has 0 rings (SSSR count). The highest BCUT2D eigenvalue weighted by molar-refractivity contribution is 5.68. The molecule has 0 aromatic heterocycles. The molecule has 0 aromatic carbocycles. The van der Waals surface area contributed by atoms with Gasteiger partial charge in [-0.05, 0) is 6.42 Å². The molecule has 0 spiro atoms. The summed E-state index contributed by atoms with van der Waals surface area (Å²) in [5.74, 6) is -0.237. The lowest BCUT2D eigenvalue weighted by Gasteiger charge is -2.22. The van der Waals surface area contributed by atoms with Gasteiger partial charge >= 0.3 is 5.97 Å². The molecule has 0 heterocycles. The first kappa shape index (κ1) is 20.4. The molecule has 4 nitrogen and oxygen atoms in total. The minimum atomic E-state index is -0.237. The number of nitrogens with zero attached hydrogens (tertiary/aromatic N) is 1. The van der Waals surface area contributed by atoms with E-state index < -0.39 is 0 Å². The maximum Gasteiger partial charge on any atom is 0.342 e.